The van der Waals surface area contributed by atoms with E-state index in [1.54, 1.807) is 26.4 Å². The fraction of sp³-hybridized carbons (Fsp3) is 0.310. The number of methoxy groups -OCH3 is 1. The van der Waals surface area contributed by atoms with Crippen LogP contribution in [0.4, 0.5) is 4.39 Å². The molecular weight excluding hydrogens is 475 g/mol. The van der Waals surface area contributed by atoms with E-state index in [1.807, 2.05) is 44.2 Å². The molecule has 4 rings (SSSR count). The Labute approximate surface area is 215 Å². The quantitative estimate of drug-likeness (QED) is 0.287. The number of furan rings is 1. The normalized spacial score (nSPS) is 12.1. The van der Waals surface area contributed by atoms with Crippen LogP contribution >= 0.6 is 0 Å². The van der Waals surface area contributed by atoms with Gasteiger partial charge in [-0.3, -0.25) is 9.78 Å². The molecule has 0 radical (unpaired) electrons. The molecule has 2 aromatic heterocycles. The van der Waals surface area contributed by atoms with Gasteiger partial charge in [-0.25, -0.2) is 4.39 Å². The lowest BCUT2D eigenvalue weighted by Crippen LogP contribution is -2.21. The molecule has 0 saturated heterocycles. The Morgan fingerprint density at radius 1 is 1.16 bits per heavy atom. The van der Waals surface area contributed by atoms with Crippen molar-refractivity contribution >= 4 is 16.9 Å². The van der Waals surface area contributed by atoms with E-state index < -0.39 is 5.82 Å². The first-order valence-corrected chi connectivity index (χ1v) is 12.1. The van der Waals surface area contributed by atoms with Crippen molar-refractivity contribution in [1.29, 1.82) is 0 Å². The fourth-order valence-electron chi connectivity index (χ4n) is 4.30. The molecule has 0 fully saturated rings. The van der Waals surface area contributed by atoms with Crippen LogP contribution in [0.15, 0.2) is 53.3 Å². The number of aromatic nitrogens is 1. The monoisotopic (exact) mass is 506 g/mol. The van der Waals surface area contributed by atoms with Crippen LogP contribution in [0.25, 0.3) is 22.1 Å². The van der Waals surface area contributed by atoms with Gasteiger partial charge in [0.2, 0.25) is 0 Å². The van der Waals surface area contributed by atoms with Crippen LogP contribution in [0.3, 0.4) is 0 Å². The average Bonchev–Trinajstić information content (AvgIpc) is 3.34. The van der Waals surface area contributed by atoms with Crippen LogP contribution in [0, 0.1) is 19.7 Å². The van der Waals surface area contributed by atoms with Gasteiger partial charge in [-0.2, -0.15) is 0 Å². The second-order valence-electron chi connectivity index (χ2n) is 9.02. The van der Waals surface area contributed by atoms with Crippen molar-refractivity contribution in [3.8, 4) is 16.9 Å². The minimum absolute atomic E-state index is 0.00807. The summed E-state index contributed by atoms with van der Waals surface area (Å²) in [6.45, 7) is 6.25. The summed E-state index contributed by atoms with van der Waals surface area (Å²) >= 11 is 0. The molecule has 1 atom stereocenters. The summed E-state index contributed by atoms with van der Waals surface area (Å²) in [5.74, 6) is -0.201. The third kappa shape index (κ3) is 5.81. The SMILES string of the molecule is COCC(C)OC(=O)Cc1ccc(C)c(C)c1OCc1cc(-c2ccnc(CN)c2F)c2occc2c1. The van der Waals surface area contributed by atoms with Crippen LogP contribution in [-0.2, 0) is 33.8 Å². The molecule has 37 heavy (non-hydrogen) atoms. The lowest BCUT2D eigenvalue weighted by Gasteiger charge is -2.18. The molecule has 2 N–H and O–H groups in total. The van der Waals surface area contributed by atoms with E-state index in [2.05, 4.69) is 4.98 Å². The Kier molecular flexibility index (Phi) is 8.21. The van der Waals surface area contributed by atoms with Gasteiger partial charge in [0.1, 0.15) is 24.0 Å². The van der Waals surface area contributed by atoms with Crippen molar-refractivity contribution < 1.29 is 27.8 Å². The summed E-state index contributed by atoms with van der Waals surface area (Å²) in [5.41, 5.74) is 10.9. The van der Waals surface area contributed by atoms with Crippen molar-refractivity contribution in [2.24, 2.45) is 5.73 Å². The zero-order chi connectivity index (χ0) is 26.5. The molecule has 0 saturated carbocycles. The molecule has 0 spiro atoms. The van der Waals surface area contributed by atoms with Gasteiger partial charge in [0.15, 0.2) is 5.82 Å². The molecule has 0 aliphatic heterocycles. The number of nitrogens with two attached hydrogens (primary N) is 1. The van der Waals surface area contributed by atoms with Gasteiger partial charge in [-0.1, -0.05) is 12.1 Å². The van der Waals surface area contributed by atoms with Gasteiger partial charge in [-0.15, -0.1) is 0 Å². The number of rotatable bonds is 10. The number of benzene rings is 2. The molecule has 0 aliphatic carbocycles. The highest BCUT2D eigenvalue weighted by Gasteiger charge is 2.19. The van der Waals surface area contributed by atoms with Gasteiger partial charge in [0.25, 0.3) is 0 Å². The number of carbonyl (C=O) groups excluding carboxylic acids is 1. The zero-order valence-electron chi connectivity index (χ0n) is 21.5. The molecular formula is C29H31FN2O5. The van der Waals surface area contributed by atoms with Crippen LogP contribution in [0.1, 0.15) is 34.9 Å². The fourth-order valence-corrected chi connectivity index (χ4v) is 4.30. The predicted molar refractivity (Wildman–Crippen MR) is 139 cm³/mol. The van der Waals surface area contributed by atoms with Crippen LogP contribution in [0.5, 0.6) is 5.75 Å². The molecule has 4 aromatic rings. The molecule has 8 heteroatoms. The third-order valence-corrected chi connectivity index (χ3v) is 6.27. The van der Waals surface area contributed by atoms with Crippen molar-refractivity contribution in [2.75, 3.05) is 13.7 Å². The first-order chi connectivity index (χ1) is 17.8. The van der Waals surface area contributed by atoms with Gasteiger partial charge >= 0.3 is 5.97 Å². The average molecular weight is 507 g/mol. The lowest BCUT2D eigenvalue weighted by molar-refractivity contribution is -0.149. The number of carbonyl (C=O) groups is 1. The molecule has 2 aromatic carbocycles. The van der Waals surface area contributed by atoms with Crippen molar-refractivity contribution in [2.45, 2.75) is 46.4 Å². The van der Waals surface area contributed by atoms with E-state index in [0.717, 1.165) is 27.6 Å². The Bertz CT molecular complexity index is 1420. The summed E-state index contributed by atoms with van der Waals surface area (Å²) in [6, 6.07) is 11.1. The minimum atomic E-state index is -0.473. The summed E-state index contributed by atoms with van der Waals surface area (Å²) in [7, 11) is 1.56. The highest BCUT2D eigenvalue weighted by atomic mass is 19.1. The van der Waals surface area contributed by atoms with Crippen LogP contribution in [-0.4, -0.2) is 30.8 Å². The summed E-state index contributed by atoms with van der Waals surface area (Å²) in [6.07, 6.45) is 2.83. The van der Waals surface area contributed by atoms with Crippen LogP contribution in [0.2, 0.25) is 0 Å². The Morgan fingerprint density at radius 2 is 1.97 bits per heavy atom. The molecule has 0 amide bonds. The number of hydrogen-bond acceptors (Lipinski definition) is 7. The van der Waals surface area contributed by atoms with E-state index >= 15 is 4.39 Å². The van der Waals surface area contributed by atoms with E-state index in [-0.39, 0.29) is 37.3 Å². The molecule has 1 unspecified atom stereocenters. The number of nitrogens with zero attached hydrogens (tertiary/aromatic N) is 1. The number of pyridine rings is 1. The van der Waals surface area contributed by atoms with E-state index in [4.69, 9.17) is 24.4 Å². The van der Waals surface area contributed by atoms with Gasteiger partial charge in [0, 0.05) is 41.9 Å². The second kappa shape index (κ2) is 11.5. The van der Waals surface area contributed by atoms with E-state index in [0.29, 0.717) is 29.1 Å². The standard InChI is InChI=1S/C29H31FN2O5/c1-17-5-6-21(13-26(33)37-18(2)15-34-4)28(19(17)3)36-16-20-11-22-8-10-35-29(22)24(12-20)23-7-9-32-25(14-31)27(23)30/h5-12,18H,13-16,31H2,1-4H3. The number of ether oxygens (including phenoxy) is 3. The van der Waals surface area contributed by atoms with Gasteiger partial charge in [0.05, 0.1) is 25.0 Å². The van der Waals surface area contributed by atoms with Crippen LogP contribution < -0.4 is 10.5 Å². The Hall–Kier alpha value is -3.75. The summed E-state index contributed by atoms with van der Waals surface area (Å²) in [5, 5.41) is 0.818. The third-order valence-electron chi connectivity index (χ3n) is 6.27. The molecule has 0 aliphatic rings. The Balaban J connectivity index is 1.64. The minimum Gasteiger partial charge on any atom is -0.488 e. The number of fused-ring (bicyclic) bond motifs is 1. The van der Waals surface area contributed by atoms with E-state index in [9.17, 15) is 4.79 Å². The highest BCUT2D eigenvalue weighted by molar-refractivity contribution is 5.93. The number of esters is 1. The second-order valence-corrected chi connectivity index (χ2v) is 9.02. The summed E-state index contributed by atoms with van der Waals surface area (Å²) in [4.78, 5) is 16.6. The topological polar surface area (TPSA) is 96.8 Å². The highest BCUT2D eigenvalue weighted by Crippen LogP contribution is 2.34. The van der Waals surface area contributed by atoms with E-state index in [1.165, 1.54) is 6.20 Å². The lowest BCUT2D eigenvalue weighted by atomic mass is 10.00. The predicted octanol–water partition coefficient (Wildman–Crippen LogP) is 5.41. The molecule has 0 bridgehead atoms. The molecule has 7 nitrogen and oxygen atoms in total. The Morgan fingerprint density at radius 3 is 2.73 bits per heavy atom. The largest absolute Gasteiger partial charge is 0.488 e. The smallest absolute Gasteiger partial charge is 0.310 e. The van der Waals surface area contributed by atoms with Gasteiger partial charge in [-0.05, 0) is 61.7 Å². The zero-order valence-corrected chi connectivity index (χ0v) is 21.5. The maximum atomic E-state index is 15.1. The summed E-state index contributed by atoms with van der Waals surface area (Å²) < 4.78 is 37.6. The van der Waals surface area contributed by atoms with Gasteiger partial charge < -0.3 is 24.4 Å². The molecule has 194 valence electrons. The first kappa shape index (κ1) is 26.3. The maximum absolute atomic E-state index is 15.1. The number of halogens is 1. The van der Waals surface area contributed by atoms with Crippen molar-refractivity contribution in [3.05, 3.63) is 82.6 Å². The maximum Gasteiger partial charge on any atom is 0.310 e. The van der Waals surface area contributed by atoms with Crippen molar-refractivity contribution in [3.63, 3.8) is 0 Å². The first-order valence-electron chi connectivity index (χ1n) is 12.1. The van der Waals surface area contributed by atoms with Crippen molar-refractivity contribution in [1.82, 2.24) is 4.98 Å². The number of aryl methyl sites for hydroxylation is 1. The number of hydrogen-bond donors (Lipinski definition) is 1. The molecule has 2 heterocycles.